The first-order chi connectivity index (χ1) is 6.49. The maximum atomic E-state index is 10.7. The number of hydrogen-bond acceptors (Lipinski definition) is 3. The average Bonchev–Trinajstić information content (AvgIpc) is 2.02. The van der Waals surface area contributed by atoms with Gasteiger partial charge in [0.25, 0.3) is 5.69 Å². The van der Waals surface area contributed by atoms with E-state index in [-0.39, 0.29) is 12.3 Å². The van der Waals surface area contributed by atoms with Crippen LogP contribution in [0.25, 0.3) is 0 Å². The Labute approximate surface area is 82.3 Å². The molecule has 4 heteroatoms. The van der Waals surface area contributed by atoms with Crippen molar-refractivity contribution in [2.45, 2.75) is 27.4 Å². The molecule has 1 aromatic carbocycles. The number of aryl methyl sites for hydroxylation is 2. The second-order valence-corrected chi connectivity index (χ2v) is 3.38. The first-order valence-corrected chi connectivity index (χ1v) is 4.34. The Balaban J connectivity index is 3.52. The largest absolute Gasteiger partial charge is 0.392 e. The van der Waals surface area contributed by atoms with E-state index in [0.29, 0.717) is 16.7 Å². The Bertz CT molecular complexity index is 385. The van der Waals surface area contributed by atoms with Crippen LogP contribution in [0.4, 0.5) is 5.69 Å². The minimum absolute atomic E-state index is 0.111. The van der Waals surface area contributed by atoms with E-state index in [1.807, 2.05) is 6.92 Å². The summed E-state index contributed by atoms with van der Waals surface area (Å²) in [5.74, 6) is 0. The van der Waals surface area contributed by atoms with Crippen LogP contribution in [0.3, 0.4) is 0 Å². The molecule has 0 bridgehead atoms. The second kappa shape index (κ2) is 3.75. The number of nitro groups is 1. The minimum Gasteiger partial charge on any atom is -0.392 e. The van der Waals surface area contributed by atoms with Crippen LogP contribution >= 0.6 is 0 Å². The van der Waals surface area contributed by atoms with Gasteiger partial charge in [0, 0.05) is 11.1 Å². The lowest BCUT2D eigenvalue weighted by Crippen LogP contribution is -2.01. The molecule has 0 spiro atoms. The van der Waals surface area contributed by atoms with E-state index >= 15 is 0 Å². The van der Waals surface area contributed by atoms with Crippen molar-refractivity contribution in [1.29, 1.82) is 0 Å². The Kier molecular flexibility index (Phi) is 2.86. The van der Waals surface area contributed by atoms with E-state index in [2.05, 4.69) is 0 Å². The summed E-state index contributed by atoms with van der Waals surface area (Å²) < 4.78 is 0. The van der Waals surface area contributed by atoms with Crippen molar-refractivity contribution in [3.8, 4) is 0 Å². The number of aliphatic hydroxyl groups excluding tert-OH is 1. The van der Waals surface area contributed by atoms with Gasteiger partial charge in [-0.2, -0.15) is 0 Å². The van der Waals surface area contributed by atoms with Crippen molar-refractivity contribution in [2.75, 3.05) is 0 Å². The topological polar surface area (TPSA) is 63.4 Å². The van der Waals surface area contributed by atoms with Gasteiger partial charge in [-0.05, 0) is 38.0 Å². The number of nitro benzene ring substituents is 1. The van der Waals surface area contributed by atoms with E-state index < -0.39 is 4.92 Å². The molecule has 1 N–H and O–H groups in total. The van der Waals surface area contributed by atoms with Gasteiger partial charge in [-0.3, -0.25) is 10.1 Å². The van der Waals surface area contributed by atoms with Crippen molar-refractivity contribution in [2.24, 2.45) is 0 Å². The van der Waals surface area contributed by atoms with Crippen LogP contribution in [0.5, 0.6) is 0 Å². The molecule has 0 saturated heterocycles. The lowest BCUT2D eigenvalue weighted by Gasteiger charge is -2.09. The Morgan fingerprint density at radius 2 is 1.93 bits per heavy atom. The van der Waals surface area contributed by atoms with Gasteiger partial charge in [0.15, 0.2) is 0 Å². The van der Waals surface area contributed by atoms with Crippen LogP contribution in [-0.4, -0.2) is 10.0 Å². The van der Waals surface area contributed by atoms with Crippen molar-refractivity contribution >= 4 is 5.69 Å². The van der Waals surface area contributed by atoms with Crippen LogP contribution in [0.15, 0.2) is 6.07 Å². The molecule has 14 heavy (non-hydrogen) atoms. The molecular weight excluding hydrogens is 182 g/mol. The smallest absolute Gasteiger partial charge is 0.275 e. The third-order valence-electron chi connectivity index (χ3n) is 2.43. The highest BCUT2D eigenvalue weighted by molar-refractivity contribution is 5.53. The highest BCUT2D eigenvalue weighted by Crippen LogP contribution is 2.28. The summed E-state index contributed by atoms with van der Waals surface area (Å²) >= 11 is 0. The predicted octanol–water partition coefficient (Wildman–Crippen LogP) is 2.01. The number of benzene rings is 1. The van der Waals surface area contributed by atoms with Crippen molar-refractivity contribution in [1.82, 2.24) is 0 Å². The third-order valence-corrected chi connectivity index (χ3v) is 2.43. The molecule has 1 rings (SSSR count). The number of rotatable bonds is 2. The SMILES string of the molecule is Cc1cc(C)c([N+](=O)[O-])c(C)c1CO. The highest BCUT2D eigenvalue weighted by Gasteiger charge is 2.18. The Morgan fingerprint density at radius 3 is 2.36 bits per heavy atom. The van der Waals surface area contributed by atoms with E-state index in [4.69, 9.17) is 5.11 Å². The van der Waals surface area contributed by atoms with Crippen molar-refractivity contribution < 1.29 is 10.0 Å². The molecule has 0 aliphatic rings. The first-order valence-electron chi connectivity index (χ1n) is 4.34. The summed E-state index contributed by atoms with van der Waals surface area (Å²) in [4.78, 5) is 10.3. The zero-order valence-electron chi connectivity index (χ0n) is 8.50. The maximum absolute atomic E-state index is 10.7. The van der Waals surface area contributed by atoms with Gasteiger partial charge in [0.05, 0.1) is 11.5 Å². The Hall–Kier alpha value is -1.42. The molecule has 0 aromatic heterocycles. The summed E-state index contributed by atoms with van der Waals surface area (Å²) in [6.07, 6.45) is 0. The second-order valence-electron chi connectivity index (χ2n) is 3.38. The van der Waals surface area contributed by atoms with Crippen molar-refractivity contribution in [3.63, 3.8) is 0 Å². The van der Waals surface area contributed by atoms with Gasteiger partial charge >= 0.3 is 0 Å². The Morgan fingerprint density at radius 1 is 1.36 bits per heavy atom. The lowest BCUT2D eigenvalue weighted by atomic mass is 9.98. The maximum Gasteiger partial charge on any atom is 0.275 e. The average molecular weight is 195 g/mol. The van der Waals surface area contributed by atoms with Gasteiger partial charge in [-0.1, -0.05) is 0 Å². The molecule has 0 saturated carbocycles. The molecule has 0 aliphatic heterocycles. The van der Waals surface area contributed by atoms with Gasteiger partial charge in [0.2, 0.25) is 0 Å². The molecule has 1 aromatic rings. The standard InChI is InChI=1S/C10H13NO3/c1-6-4-7(2)10(11(13)14)8(3)9(6)5-12/h4,12H,5H2,1-3H3. The molecule has 76 valence electrons. The normalized spacial score (nSPS) is 10.3. The molecule has 0 amide bonds. The van der Waals surface area contributed by atoms with Crippen LogP contribution in [0, 0.1) is 30.9 Å². The van der Waals surface area contributed by atoms with Gasteiger partial charge in [-0.25, -0.2) is 0 Å². The van der Waals surface area contributed by atoms with Crippen LogP contribution in [-0.2, 0) is 6.61 Å². The number of hydrogen-bond donors (Lipinski definition) is 1. The van der Waals surface area contributed by atoms with Gasteiger partial charge in [-0.15, -0.1) is 0 Å². The van der Waals surface area contributed by atoms with Crippen molar-refractivity contribution in [3.05, 3.63) is 38.4 Å². The predicted molar refractivity (Wildman–Crippen MR) is 53.2 cm³/mol. The van der Waals surface area contributed by atoms with E-state index in [1.54, 1.807) is 19.9 Å². The fourth-order valence-corrected chi connectivity index (χ4v) is 1.74. The zero-order chi connectivity index (χ0) is 10.9. The summed E-state index contributed by atoms with van der Waals surface area (Å²) in [6.45, 7) is 5.07. The molecule has 0 fully saturated rings. The van der Waals surface area contributed by atoms with E-state index in [1.165, 1.54) is 0 Å². The summed E-state index contributed by atoms with van der Waals surface area (Å²) in [5, 5.41) is 19.8. The summed E-state index contributed by atoms with van der Waals surface area (Å²) in [7, 11) is 0. The van der Waals surface area contributed by atoms with E-state index in [9.17, 15) is 10.1 Å². The molecule has 0 aliphatic carbocycles. The molecule has 0 unspecified atom stereocenters. The molecule has 0 heterocycles. The fourth-order valence-electron chi connectivity index (χ4n) is 1.74. The monoisotopic (exact) mass is 195 g/mol. The zero-order valence-corrected chi connectivity index (χ0v) is 8.50. The summed E-state index contributed by atoms with van der Waals surface area (Å²) in [5.41, 5.74) is 2.87. The number of nitrogens with zero attached hydrogens (tertiary/aromatic N) is 1. The van der Waals surface area contributed by atoms with Crippen LogP contribution in [0.1, 0.15) is 22.3 Å². The minimum atomic E-state index is -0.400. The van der Waals surface area contributed by atoms with Crippen LogP contribution < -0.4 is 0 Å². The highest BCUT2D eigenvalue weighted by atomic mass is 16.6. The molecule has 0 atom stereocenters. The van der Waals surface area contributed by atoms with E-state index in [0.717, 1.165) is 5.56 Å². The number of aliphatic hydroxyl groups is 1. The summed E-state index contributed by atoms with van der Waals surface area (Å²) in [6, 6.07) is 1.73. The molecule has 0 radical (unpaired) electrons. The lowest BCUT2D eigenvalue weighted by molar-refractivity contribution is -0.386. The van der Waals surface area contributed by atoms with Gasteiger partial charge < -0.3 is 5.11 Å². The fraction of sp³-hybridized carbons (Fsp3) is 0.400. The molecule has 4 nitrogen and oxygen atoms in total. The third kappa shape index (κ3) is 1.61. The molecular formula is C10H13NO3. The quantitative estimate of drug-likeness (QED) is 0.580. The first kappa shape index (κ1) is 10.7. The van der Waals surface area contributed by atoms with Gasteiger partial charge in [0.1, 0.15) is 0 Å². The van der Waals surface area contributed by atoms with Crippen LogP contribution in [0.2, 0.25) is 0 Å².